The van der Waals surface area contributed by atoms with Crippen LogP contribution in [0.3, 0.4) is 0 Å². The summed E-state index contributed by atoms with van der Waals surface area (Å²) in [5, 5.41) is 14.8. The van der Waals surface area contributed by atoms with Crippen molar-refractivity contribution in [2.45, 2.75) is 13.0 Å². The highest BCUT2D eigenvalue weighted by atomic mass is 79.9. The SMILES string of the molecule is N#C/C(=C/c1cc(Cl)c(OCc2ccc(Cl)cc2Cl)c(Br)c1)C(=O)NCCc1c[nH]c2ccccc12. The van der Waals surface area contributed by atoms with Crippen LogP contribution in [0.4, 0.5) is 0 Å². The third-order valence-corrected chi connectivity index (χ3v) is 6.90. The number of ether oxygens (including phenoxy) is 1. The lowest BCUT2D eigenvalue weighted by Gasteiger charge is -2.12. The zero-order chi connectivity index (χ0) is 25.7. The fourth-order valence-electron chi connectivity index (χ4n) is 3.65. The average Bonchev–Trinajstić information content (AvgIpc) is 3.26. The number of nitrogens with zero attached hydrogens (tertiary/aromatic N) is 1. The molecule has 0 unspecified atom stereocenters. The number of rotatable bonds is 8. The molecule has 4 aromatic rings. The van der Waals surface area contributed by atoms with Gasteiger partial charge in [0, 0.05) is 39.3 Å². The predicted molar refractivity (Wildman–Crippen MR) is 149 cm³/mol. The normalized spacial score (nSPS) is 11.4. The highest BCUT2D eigenvalue weighted by molar-refractivity contribution is 9.10. The summed E-state index contributed by atoms with van der Waals surface area (Å²) in [6.45, 7) is 0.579. The summed E-state index contributed by atoms with van der Waals surface area (Å²) in [7, 11) is 0. The molecule has 9 heteroatoms. The molecule has 0 fully saturated rings. The van der Waals surface area contributed by atoms with Crippen molar-refractivity contribution in [1.29, 1.82) is 5.26 Å². The van der Waals surface area contributed by atoms with Gasteiger partial charge in [0.2, 0.25) is 0 Å². The molecule has 1 aromatic heterocycles. The molecule has 0 radical (unpaired) electrons. The number of benzene rings is 3. The Kier molecular flexibility index (Phi) is 8.60. The number of aromatic nitrogens is 1. The van der Waals surface area contributed by atoms with Gasteiger partial charge >= 0.3 is 0 Å². The molecule has 0 atom stereocenters. The van der Waals surface area contributed by atoms with Gasteiger partial charge in [-0.3, -0.25) is 4.79 Å². The van der Waals surface area contributed by atoms with Crippen molar-refractivity contribution in [3.05, 3.63) is 103 Å². The molecule has 3 aromatic carbocycles. The Morgan fingerprint density at radius 3 is 2.64 bits per heavy atom. The fraction of sp³-hybridized carbons (Fsp3) is 0.111. The molecule has 0 aliphatic rings. The van der Waals surface area contributed by atoms with Crippen LogP contribution in [0.25, 0.3) is 17.0 Å². The van der Waals surface area contributed by atoms with Crippen LogP contribution in [0.2, 0.25) is 15.1 Å². The maximum absolute atomic E-state index is 12.6. The summed E-state index contributed by atoms with van der Waals surface area (Å²) in [4.78, 5) is 15.8. The van der Waals surface area contributed by atoms with E-state index in [0.29, 0.717) is 43.8 Å². The smallest absolute Gasteiger partial charge is 0.261 e. The van der Waals surface area contributed by atoms with Gasteiger partial charge in [0.15, 0.2) is 5.75 Å². The van der Waals surface area contributed by atoms with E-state index < -0.39 is 5.91 Å². The molecule has 4 rings (SSSR count). The second-order valence-electron chi connectivity index (χ2n) is 7.87. The van der Waals surface area contributed by atoms with Gasteiger partial charge in [-0.15, -0.1) is 0 Å². The van der Waals surface area contributed by atoms with Gasteiger partial charge in [-0.2, -0.15) is 5.26 Å². The number of hydrogen-bond donors (Lipinski definition) is 2. The first kappa shape index (κ1) is 26.1. The minimum absolute atomic E-state index is 0.0292. The maximum Gasteiger partial charge on any atom is 0.261 e. The van der Waals surface area contributed by atoms with Gasteiger partial charge in [0.25, 0.3) is 5.91 Å². The summed E-state index contributed by atoms with van der Waals surface area (Å²) in [5.74, 6) is -0.0381. The first-order chi connectivity index (χ1) is 17.4. The first-order valence-electron chi connectivity index (χ1n) is 10.9. The number of carbonyl (C=O) groups excluding carboxylic acids is 1. The molecule has 0 spiro atoms. The lowest BCUT2D eigenvalue weighted by molar-refractivity contribution is -0.117. The van der Waals surface area contributed by atoms with Gasteiger partial charge in [-0.05, 0) is 69.9 Å². The second kappa shape index (κ2) is 11.9. The maximum atomic E-state index is 12.6. The molecule has 36 heavy (non-hydrogen) atoms. The van der Waals surface area contributed by atoms with Crippen LogP contribution in [0.5, 0.6) is 5.75 Å². The lowest BCUT2D eigenvalue weighted by Crippen LogP contribution is -2.26. The second-order valence-corrected chi connectivity index (χ2v) is 9.98. The fourth-order valence-corrected chi connectivity index (χ4v) is 5.10. The number of halogens is 4. The summed E-state index contributed by atoms with van der Waals surface area (Å²) in [5.41, 5.74) is 3.44. The van der Waals surface area contributed by atoms with Gasteiger partial charge in [-0.1, -0.05) is 59.1 Å². The topological polar surface area (TPSA) is 77.9 Å². The summed E-state index contributed by atoms with van der Waals surface area (Å²) >= 11 is 22.0. The standard InChI is InChI=1S/C27H19BrCl3N3O2/c28-22-10-16(11-24(31)26(22)36-15-18-5-6-20(29)12-23(18)30)9-19(13-32)27(35)33-8-7-17-14-34-25-4-2-1-3-21(17)25/h1-6,9-12,14,34H,7-8,15H2,(H,33,35)/b19-9-. The van der Waals surface area contributed by atoms with E-state index in [2.05, 4.69) is 26.2 Å². The molecule has 5 nitrogen and oxygen atoms in total. The van der Waals surface area contributed by atoms with Crippen molar-refractivity contribution < 1.29 is 9.53 Å². The zero-order valence-corrected chi connectivity index (χ0v) is 22.6. The van der Waals surface area contributed by atoms with Gasteiger partial charge in [0.05, 0.1) is 9.50 Å². The van der Waals surface area contributed by atoms with E-state index >= 15 is 0 Å². The lowest BCUT2D eigenvalue weighted by atomic mass is 10.1. The number of hydrogen-bond acceptors (Lipinski definition) is 3. The molecule has 0 saturated carbocycles. The van der Waals surface area contributed by atoms with Crippen molar-refractivity contribution in [3.63, 3.8) is 0 Å². The van der Waals surface area contributed by atoms with E-state index in [-0.39, 0.29) is 12.2 Å². The van der Waals surface area contributed by atoms with Crippen LogP contribution >= 0.6 is 50.7 Å². The third kappa shape index (κ3) is 6.24. The van der Waals surface area contributed by atoms with Crippen LogP contribution in [-0.2, 0) is 17.8 Å². The number of H-pyrrole nitrogens is 1. The van der Waals surface area contributed by atoms with E-state index in [1.54, 1.807) is 30.3 Å². The molecular formula is C27H19BrCl3N3O2. The molecule has 1 amide bonds. The van der Waals surface area contributed by atoms with Crippen molar-refractivity contribution in [2.24, 2.45) is 0 Å². The number of amides is 1. The number of fused-ring (bicyclic) bond motifs is 1. The van der Waals surface area contributed by atoms with Crippen LogP contribution in [0.15, 0.2) is 70.8 Å². The number of para-hydroxylation sites is 1. The van der Waals surface area contributed by atoms with E-state index in [9.17, 15) is 10.1 Å². The molecule has 182 valence electrons. The summed E-state index contributed by atoms with van der Waals surface area (Å²) in [6.07, 6.45) is 4.05. The molecule has 0 bridgehead atoms. The molecule has 0 saturated heterocycles. The average molecular weight is 604 g/mol. The Labute approximate surface area is 231 Å². The number of nitrogens with one attached hydrogen (secondary N) is 2. The Bertz CT molecular complexity index is 1480. The largest absolute Gasteiger partial charge is 0.486 e. The molecular weight excluding hydrogens is 585 g/mol. The van der Waals surface area contributed by atoms with E-state index in [4.69, 9.17) is 39.5 Å². The van der Waals surface area contributed by atoms with E-state index in [1.165, 1.54) is 6.08 Å². The summed E-state index contributed by atoms with van der Waals surface area (Å²) in [6, 6.07) is 18.4. The van der Waals surface area contributed by atoms with Crippen LogP contribution in [-0.4, -0.2) is 17.4 Å². The van der Waals surface area contributed by atoms with Crippen molar-refractivity contribution in [3.8, 4) is 11.8 Å². The monoisotopic (exact) mass is 601 g/mol. The minimum atomic E-state index is -0.456. The molecule has 0 aliphatic heterocycles. The van der Waals surface area contributed by atoms with Crippen molar-refractivity contribution in [1.82, 2.24) is 10.3 Å². The Hall–Kier alpha value is -2.95. The Morgan fingerprint density at radius 1 is 1.08 bits per heavy atom. The van der Waals surface area contributed by atoms with Crippen LogP contribution in [0.1, 0.15) is 16.7 Å². The van der Waals surface area contributed by atoms with Gasteiger partial charge < -0.3 is 15.0 Å². The van der Waals surface area contributed by atoms with Gasteiger partial charge in [-0.25, -0.2) is 0 Å². The van der Waals surface area contributed by atoms with Crippen LogP contribution in [0, 0.1) is 11.3 Å². The van der Waals surface area contributed by atoms with Crippen molar-refractivity contribution >= 4 is 73.6 Å². The zero-order valence-electron chi connectivity index (χ0n) is 18.7. The number of aromatic amines is 1. The van der Waals surface area contributed by atoms with Crippen molar-refractivity contribution in [2.75, 3.05) is 6.54 Å². The minimum Gasteiger partial charge on any atom is -0.486 e. The first-order valence-corrected chi connectivity index (χ1v) is 12.8. The predicted octanol–water partition coefficient (Wildman–Crippen LogP) is 7.74. The Morgan fingerprint density at radius 2 is 1.89 bits per heavy atom. The van der Waals surface area contributed by atoms with Crippen LogP contribution < -0.4 is 10.1 Å². The highest BCUT2D eigenvalue weighted by Crippen LogP contribution is 2.36. The van der Waals surface area contributed by atoms with E-state index in [0.717, 1.165) is 22.0 Å². The Balaban J connectivity index is 1.41. The molecule has 0 aliphatic carbocycles. The highest BCUT2D eigenvalue weighted by Gasteiger charge is 2.14. The van der Waals surface area contributed by atoms with E-state index in [1.807, 2.05) is 36.5 Å². The number of nitriles is 1. The van der Waals surface area contributed by atoms with Gasteiger partial charge in [0.1, 0.15) is 18.2 Å². The molecule has 1 heterocycles. The summed E-state index contributed by atoms with van der Waals surface area (Å²) < 4.78 is 6.43. The molecule has 2 N–H and O–H groups in total. The number of carbonyl (C=O) groups is 1. The third-order valence-electron chi connectivity index (χ3n) is 5.44. The quantitative estimate of drug-likeness (QED) is 0.160.